The quantitative estimate of drug-likeness (QED) is 0.821. The van der Waals surface area contributed by atoms with Crippen LogP contribution in [0.1, 0.15) is 32.8 Å². The molecule has 0 aromatic heterocycles. The van der Waals surface area contributed by atoms with Crippen molar-refractivity contribution in [1.82, 2.24) is 5.32 Å². The van der Waals surface area contributed by atoms with Crippen LogP contribution in [0.25, 0.3) is 0 Å². The summed E-state index contributed by atoms with van der Waals surface area (Å²) in [4.78, 5) is 0. The summed E-state index contributed by atoms with van der Waals surface area (Å²) in [5.74, 6) is -1.00. The molecule has 0 spiro atoms. The summed E-state index contributed by atoms with van der Waals surface area (Å²) >= 11 is 0. The summed E-state index contributed by atoms with van der Waals surface area (Å²) in [7, 11) is 1.63. The van der Waals surface area contributed by atoms with Gasteiger partial charge in [0.15, 0.2) is 0 Å². The van der Waals surface area contributed by atoms with E-state index in [0.717, 1.165) is 13.0 Å². The molecule has 0 aliphatic rings. The van der Waals surface area contributed by atoms with E-state index in [1.807, 2.05) is 20.8 Å². The first-order chi connectivity index (χ1) is 8.98. The highest BCUT2D eigenvalue weighted by atomic mass is 19.1. The molecule has 0 fully saturated rings. The smallest absolute Gasteiger partial charge is 0.129 e. The van der Waals surface area contributed by atoms with Crippen LogP contribution in [0.15, 0.2) is 18.2 Å². The van der Waals surface area contributed by atoms with E-state index >= 15 is 0 Å². The van der Waals surface area contributed by atoms with Gasteiger partial charge in [-0.05, 0) is 38.4 Å². The first kappa shape index (κ1) is 16.1. The molecule has 1 aromatic carbocycles. The molecule has 0 radical (unpaired) electrons. The number of hydrogen-bond acceptors (Lipinski definition) is 2. The van der Waals surface area contributed by atoms with E-state index in [0.29, 0.717) is 0 Å². The summed E-state index contributed by atoms with van der Waals surface area (Å²) in [5, 5.41) is 3.27. The third kappa shape index (κ3) is 3.74. The number of halogens is 2. The van der Waals surface area contributed by atoms with Crippen LogP contribution >= 0.6 is 0 Å². The van der Waals surface area contributed by atoms with Gasteiger partial charge in [0.05, 0.1) is 5.60 Å². The van der Waals surface area contributed by atoms with Crippen LogP contribution in [0.4, 0.5) is 8.78 Å². The maximum absolute atomic E-state index is 13.7. The molecule has 0 saturated heterocycles. The second-order valence-corrected chi connectivity index (χ2v) is 4.88. The minimum absolute atomic E-state index is 0.116. The number of rotatable bonds is 7. The summed E-state index contributed by atoms with van der Waals surface area (Å²) in [6.45, 7) is 6.65. The van der Waals surface area contributed by atoms with Gasteiger partial charge in [0.25, 0.3) is 0 Å². The van der Waals surface area contributed by atoms with E-state index in [1.54, 1.807) is 7.11 Å². The van der Waals surface area contributed by atoms with Gasteiger partial charge < -0.3 is 10.1 Å². The fourth-order valence-electron chi connectivity index (χ4n) is 2.21. The Balaban J connectivity index is 3.02. The lowest BCUT2D eigenvalue weighted by Crippen LogP contribution is -2.51. The third-order valence-electron chi connectivity index (χ3n) is 3.83. The highest BCUT2D eigenvalue weighted by molar-refractivity contribution is 5.21. The molecule has 0 amide bonds. The van der Waals surface area contributed by atoms with Crippen LogP contribution in [0.3, 0.4) is 0 Å². The number of benzene rings is 1. The van der Waals surface area contributed by atoms with Crippen LogP contribution in [0.2, 0.25) is 0 Å². The Hall–Kier alpha value is -1.00. The molecule has 19 heavy (non-hydrogen) atoms. The molecule has 108 valence electrons. The number of nitrogens with one attached hydrogen (secondary N) is 1. The molecule has 2 nitrogen and oxygen atoms in total. The van der Waals surface area contributed by atoms with Gasteiger partial charge in [0.2, 0.25) is 0 Å². The van der Waals surface area contributed by atoms with E-state index in [2.05, 4.69) is 5.32 Å². The van der Waals surface area contributed by atoms with E-state index in [4.69, 9.17) is 4.74 Å². The number of likely N-dealkylation sites (N-methyl/N-ethyl adjacent to an activating group) is 1. The van der Waals surface area contributed by atoms with Crippen molar-refractivity contribution in [3.05, 3.63) is 35.4 Å². The van der Waals surface area contributed by atoms with Crippen molar-refractivity contribution in [3.63, 3.8) is 0 Å². The van der Waals surface area contributed by atoms with E-state index < -0.39 is 17.2 Å². The molecule has 0 heterocycles. The maximum atomic E-state index is 13.7. The highest BCUT2D eigenvalue weighted by Crippen LogP contribution is 2.24. The second kappa shape index (κ2) is 6.96. The van der Waals surface area contributed by atoms with Crippen molar-refractivity contribution in [2.75, 3.05) is 13.7 Å². The van der Waals surface area contributed by atoms with E-state index in [-0.39, 0.29) is 18.0 Å². The minimum atomic E-state index is -0.502. The van der Waals surface area contributed by atoms with Gasteiger partial charge >= 0.3 is 0 Å². The molecule has 1 rings (SSSR count). The molecule has 1 N–H and O–H groups in total. The Morgan fingerprint density at radius 3 is 2.26 bits per heavy atom. The predicted octanol–water partition coefficient (Wildman–Crippen LogP) is 3.30. The summed E-state index contributed by atoms with van der Waals surface area (Å²) in [5.41, 5.74) is -0.338. The van der Waals surface area contributed by atoms with Crippen molar-refractivity contribution >= 4 is 0 Å². The van der Waals surface area contributed by atoms with E-state index in [9.17, 15) is 8.78 Å². The Labute approximate surface area is 114 Å². The molecule has 0 aliphatic heterocycles. The first-order valence-corrected chi connectivity index (χ1v) is 6.69. The lowest BCUT2D eigenvalue weighted by atomic mass is 9.88. The van der Waals surface area contributed by atoms with Gasteiger partial charge in [-0.25, -0.2) is 8.78 Å². The molecule has 0 saturated carbocycles. The van der Waals surface area contributed by atoms with Crippen LogP contribution in [-0.2, 0) is 11.2 Å². The number of hydrogen-bond donors (Lipinski definition) is 1. The van der Waals surface area contributed by atoms with Gasteiger partial charge in [0.1, 0.15) is 11.6 Å². The molecule has 2 atom stereocenters. The normalized spacial score (nSPS) is 16.1. The maximum Gasteiger partial charge on any atom is 0.129 e. The molecule has 2 unspecified atom stereocenters. The Kier molecular flexibility index (Phi) is 5.88. The third-order valence-corrected chi connectivity index (χ3v) is 3.83. The zero-order valence-electron chi connectivity index (χ0n) is 12.1. The SMILES string of the molecule is CCNC(Cc1c(F)cccc1F)C(C)(CC)OC. The van der Waals surface area contributed by atoms with Crippen molar-refractivity contribution < 1.29 is 13.5 Å². The largest absolute Gasteiger partial charge is 0.377 e. The van der Waals surface area contributed by atoms with Crippen LogP contribution in [0.5, 0.6) is 0 Å². The fraction of sp³-hybridized carbons (Fsp3) is 0.600. The number of methoxy groups -OCH3 is 1. The molecule has 4 heteroatoms. The monoisotopic (exact) mass is 271 g/mol. The molecule has 0 aliphatic carbocycles. The van der Waals surface area contributed by atoms with Gasteiger partial charge in [0, 0.05) is 18.7 Å². The Morgan fingerprint density at radius 1 is 1.26 bits per heavy atom. The predicted molar refractivity (Wildman–Crippen MR) is 73.2 cm³/mol. The average Bonchev–Trinajstić information content (AvgIpc) is 2.41. The molecular weight excluding hydrogens is 248 g/mol. The standard InChI is InChI=1S/C15H23F2NO/c1-5-15(3,19-4)14(18-6-2)10-11-12(16)8-7-9-13(11)17/h7-9,14,18H,5-6,10H2,1-4H3. The molecule has 0 bridgehead atoms. The summed E-state index contributed by atoms with van der Waals surface area (Å²) < 4.78 is 33.0. The van der Waals surface area contributed by atoms with Crippen molar-refractivity contribution in [2.45, 2.75) is 45.3 Å². The fourth-order valence-corrected chi connectivity index (χ4v) is 2.21. The molecule has 1 aromatic rings. The summed E-state index contributed by atoms with van der Waals surface area (Å²) in [6.07, 6.45) is 1.03. The van der Waals surface area contributed by atoms with Gasteiger partial charge in [-0.15, -0.1) is 0 Å². The lowest BCUT2D eigenvalue weighted by Gasteiger charge is -2.36. The zero-order valence-corrected chi connectivity index (χ0v) is 12.1. The van der Waals surface area contributed by atoms with Gasteiger partial charge in [-0.1, -0.05) is 19.9 Å². The topological polar surface area (TPSA) is 21.3 Å². The zero-order chi connectivity index (χ0) is 14.5. The van der Waals surface area contributed by atoms with Crippen LogP contribution in [-0.4, -0.2) is 25.3 Å². The van der Waals surface area contributed by atoms with Crippen LogP contribution < -0.4 is 5.32 Å². The van der Waals surface area contributed by atoms with Crippen LogP contribution in [0, 0.1) is 11.6 Å². The van der Waals surface area contributed by atoms with Crippen molar-refractivity contribution in [3.8, 4) is 0 Å². The Bertz CT molecular complexity index is 385. The summed E-state index contributed by atoms with van der Waals surface area (Å²) in [6, 6.07) is 3.82. The second-order valence-electron chi connectivity index (χ2n) is 4.88. The van der Waals surface area contributed by atoms with Gasteiger partial charge in [-0.3, -0.25) is 0 Å². The minimum Gasteiger partial charge on any atom is -0.377 e. The van der Waals surface area contributed by atoms with E-state index in [1.165, 1.54) is 18.2 Å². The van der Waals surface area contributed by atoms with Gasteiger partial charge in [-0.2, -0.15) is 0 Å². The molecular formula is C15H23F2NO. The average molecular weight is 271 g/mol. The van der Waals surface area contributed by atoms with Crippen molar-refractivity contribution in [2.24, 2.45) is 0 Å². The lowest BCUT2D eigenvalue weighted by molar-refractivity contribution is -0.0287. The Morgan fingerprint density at radius 2 is 1.84 bits per heavy atom. The first-order valence-electron chi connectivity index (χ1n) is 6.69. The number of ether oxygens (including phenoxy) is 1. The van der Waals surface area contributed by atoms with Crippen molar-refractivity contribution in [1.29, 1.82) is 0 Å². The highest BCUT2D eigenvalue weighted by Gasteiger charge is 2.33.